The van der Waals surface area contributed by atoms with Crippen LogP contribution < -0.4 is 5.56 Å². The fourth-order valence-corrected chi connectivity index (χ4v) is 2.53. The maximum atomic E-state index is 12.6. The number of nitrogens with zero attached hydrogens (tertiary/aromatic N) is 1. The highest BCUT2D eigenvalue weighted by molar-refractivity contribution is 7.71. The first-order valence-electron chi connectivity index (χ1n) is 6.28. The van der Waals surface area contributed by atoms with E-state index in [4.69, 9.17) is 17.0 Å². The van der Waals surface area contributed by atoms with Gasteiger partial charge in [-0.2, -0.15) is 0 Å². The average Bonchev–Trinajstić information content (AvgIpc) is 2.42. The summed E-state index contributed by atoms with van der Waals surface area (Å²) in [7, 11) is 1.30. The van der Waals surface area contributed by atoms with Crippen molar-refractivity contribution < 1.29 is 9.53 Å². The number of esters is 1. The highest BCUT2D eigenvalue weighted by Gasteiger charge is 2.27. The number of aromatic amines is 1. The van der Waals surface area contributed by atoms with Crippen LogP contribution in [-0.2, 0) is 9.53 Å². The fraction of sp³-hybridized carbons (Fsp3) is 0.357. The molecule has 0 radical (unpaired) electrons. The van der Waals surface area contributed by atoms with E-state index in [0.717, 1.165) is 0 Å². The van der Waals surface area contributed by atoms with E-state index in [1.807, 2.05) is 19.9 Å². The molecule has 0 saturated heterocycles. The van der Waals surface area contributed by atoms with E-state index >= 15 is 0 Å². The molecule has 1 aromatic heterocycles. The lowest BCUT2D eigenvalue weighted by Gasteiger charge is -2.21. The molecule has 5 nitrogen and oxygen atoms in total. The lowest BCUT2D eigenvalue weighted by Crippen LogP contribution is -2.35. The number of carbonyl (C=O) groups is 1. The Morgan fingerprint density at radius 1 is 1.35 bits per heavy atom. The van der Waals surface area contributed by atoms with Crippen molar-refractivity contribution in [2.75, 3.05) is 7.11 Å². The van der Waals surface area contributed by atoms with Crippen LogP contribution in [0.25, 0.3) is 10.9 Å². The monoisotopic (exact) mass is 292 g/mol. The Labute approximate surface area is 121 Å². The van der Waals surface area contributed by atoms with Crippen molar-refractivity contribution in [1.29, 1.82) is 0 Å². The number of benzene rings is 1. The Morgan fingerprint density at radius 2 is 2.00 bits per heavy atom. The number of ether oxygens (including phenoxy) is 1. The molecule has 2 rings (SSSR count). The van der Waals surface area contributed by atoms with Gasteiger partial charge in [0.15, 0.2) is 4.77 Å². The number of aromatic nitrogens is 2. The van der Waals surface area contributed by atoms with Gasteiger partial charge in [0.05, 0.1) is 18.0 Å². The third-order valence-corrected chi connectivity index (χ3v) is 3.49. The summed E-state index contributed by atoms with van der Waals surface area (Å²) in [5, 5.41) is 0.496. The van der Waals surface area contributed by atoms with Gasteiger partial charge in [-0.05, 0) is 30.3 Å². The number of carbonyl (C=O) groups excluding carboxylic acids is 1. The third-order valence-electron chi connectivity index (χ3n) is 3.19. The number of H-pyrrole nitrogens is 1. The lowest BCUT2D eigenvalue weighted by atomic mass is 10.0. The molecule has 0 aliphatic rings. The van der Waals surface area contributed by atoms with Crippen LogP contribution in [0.5, 0.6) is 0 Å². The van der Waals surface area contributed by atoms with E-state index in [1.54, 1.807) is 18.2 Å². The van der Waals surface area contributed by atoms with Gasteiger partial charge in [-0.15, -0.1) is 0 Å². The molecule has 0 bridgehead atoms. The zero-order valence-corrected chi connectivity index (χ0v) is 12.4. The Hall–Kier alpha value is -1.95. The highest BCUT2D eigenvalue weighted by Crippen LogP contribution is 2.19. The minimum absolute atomic E-state index is 0.114. The minimum Gasteiger partial charge on any atom is -0.467 e. The quantitative estimate of drug-likeness (QED) is 0.697. The maximum absolute atomic E-state index is 12.6. The van der Waals surface area contributed by atoms with Crippen molar-refractivity contribution in [1.82, 2.24) is 9.55 Å². The van der Waals surface area contributed by atoms with Crippen LogP contribution in [0.2, 0.25) is 0 Å². The topological polar surface area (TPSA) is 64.1 Å². The molecule has 0 aliphatic heterocycles. The first-order chi connectivity index (χ1) is 9.47. The van der Waals surface area contributed by atoms with Crippen LogP contribution >= 0.6 is 12.2 Å². The van der Waals surface area contributed by atoms with Crippen LogP contribution in [0.15, 0.2) is 29.1 Å². The van der Waals surface area contributed by atoms with E-state index in [2.05, 4.69) is 4.98 Å². The fourth-order valence-electron chi connectivity index (χ4n) is 2.23. The van der Waals surface area contributed by atoms with Gasteiger partial charge in [-0.25, -0.2) is 4.79 Å². The first-order valence-corrected chi connectivity index (χ1v) is 6.69. The minimum atomic E-state index is -0.735. The number of nitrogens with one attached hydrogen (secondary N) is 1. The van der Waals surface area contributed by atoms with Gasteiger partial charge in [-0.1, -0.05) is 26.0 Å². The molecular formula is C14H16N2O3S. The van der Waals surface area contributed by atoms with Crippen molar-refractivity contribution in [3.63, 3.8) is 0 Å². The second-order valence-electron chi connectivity index (χ2n) is 4.86. The van der Waals surface area contributed by atoms with E-state index < -0.39 is 12.0 Å². The smallest absolute Gasteiger partial charge is 0.329 e. The molecule has 0 fully saturated rings. The lowest BCUT2D eigenvalue weighted by molar-refractivity contribution is -0.146. The molecule has 1 N–H and O–H groups in total. The number of hydrogen-bond donors (Lipinski definition) is 1. The zero-order chi connectivity index (χ0) is 14.9. The largest absolute Gasteiger partial charge is 0.467 e. The number of methoxy groups -OCH3 is 1. The third kappa shape index (κ3) is 2.38. The molecule has 106 valence electrons. The second kappa shape index (κ2) is 5.58. The standard InChI is InChI=1S/C14H16N2O3S/c1-8(2)11(13(18)19-3)16-12(17)9-6-4-5-7-10(9)15-14(16)20/h4-8,11H,1-3H3,(H,15,20). The number of hydrogen-bond acceptors (Lipinski definition) is 4. The summed E-state index contributed by atoms with van der Waals surface area (Å²) < 4.78 is 6.31. The van der Waals surface area contributed by atoms with Gasteiger partial charge in [0.2, 0.25) is 0 Å². The molecule has 6 heteroatoms. The maximum Gasteiger partial charge on any atom is 0.329 e. The van der Waals surface area contributed by atoms with Gasteiger partial charge in [0.25, 0.3) is 5.56 Å². The Bertz CT molecular complexity index is 761. The molecule has 1 unspecified atom stereocenters. The van der Waals surface area contributed by atoms with Gasteiger partial charge in [0, 0.05) is 0 Å². The molecule has 20 heavy (non-hydrogen) atoms. The summed E-state index contributed by atoms with van der Waals surface area (Å²) in [6.45, 7) is 3.69. The molecule has 0 saturated carbocycles. The van der Waals surface area contributed by atoms with Crippen LogP contribution in [0.1, 0.15) is 19.9 Å². The second-order valence-corrected chi connectivity index (χ2v) is 5.25. The van der Waals surface area contributed by atoms with Crippen molar-refractivity contribution in [2.24, 2.45) is 5.92 Å². The van der Waals surface area contributed by atoms with Crippen molar-refractivity contribution in [2.45, 2.75) is 19.9 Å². The zero-order valence-electron chi connectivity index (χ0n) is 11.5. The van der Waals surface area contributed by atoms with Gasteiger partial charge < -0.3 is 9.72 Å². The summed E-state index contributed by atoms with van der Waals surface area (Å²) in [5.41, 5.74) is 0.375. The molecular weight excluding hydrogens is 276 g/mol. The SMILES string of the molecule is COC(=O)C(C(C)C)n1c(=S)[nH]c2ccccc2c1=O. The van der Waals surface area contributed by atoms with Gasteiger partial charge in [-0.3, -0.25) is 9.36 Å². The van der Waals surface area contributed by atoms with Crippen molar-refractivity contribution in [3.8, 4) is 0 Å². The van der Waals surface area contributed by atoms with Crippen LogP contribution in [0.3, 0.4) is 0 Å². The highest BCUT2D eigenvalue weighted by atomic mass is 32.1. The van der Waals surface area contributed by atoms with Crippen LogP contribution in [0, 0.1) is 10.7 Å². The van der Waals surface area contributed by atoms with E-state index in [-0.39, 0.29) is 16.2 Å². The molecule has 0 amide bonds. The normalized spacial score (nSPS) is 12.6. The van der Waals surface area contributed by atoms with E-state index in [9.17, 15) is 9.59 Å². The Balaban J connectivity index is 2.79. The molecule has 0 aliphatic carbocycles. The summed E-state index contributed by atoms with van der Waals surface area (Å²) in [6, 6.07) is 6.33. The predicted molar refractivity (Wildman–Crippen MR) is 79.3 cm³/mol. The van der Waals surface area contributed by atoms with Crippen LogP contribution in [0.4, 0.5) is 0 Å². The molecule has 1 heterocycles. The first kappa shape index (κ1) is 14.5. The average molecular weight is 292 g/mol. The van der Waals surface area contributed by atoms with Crippen molar-refractivity contribution >= 4 is 29.1 Å². The number of para-hydroxylation sites is 1. The van der Waals surface area contributed by atoms with Gasteiger partial charge in [0.1, 0.15) is 6.04 Å². The van der Waals surface area contributed by atoms with Gasteiger partial charge >= 0.3 is 5.97 Å². The molecule has 0 spiro atoms. The molecule has 2 aromatic rings. The molecule has 1 aromatic carbocycles. The number of rotatable bonds is 3. The summed E-state index contributed by atoms with van der Waals surface area (Å²) in [5.74, 6) is -0.590. The molecule has 1 atom stereocenters. The van der Waals surface area contributed by atoms with E-state index in [1.165, 1.54) is 11.7 Å². The summed E-state index contributed by atoms with van der Waals surface area (Å²) >= 11 is 5.23. The van der Waals surface area contributed by atoms with E-state index in [0.29, 0.717) is 10.9 Å². The Kier molecular flexibility index (Phi) is 4.04. The van der Waals surface area contributed by atoms with Crippen LogP contribution in [-0.4, -0.2) is 22.6 Å². The van der Waals surface area contributed by atoms with Crippen molar-refractivity contribution in [3.05, 3.63) is 39.4 Å². The Morgan fingerprint density at radius 3 is 2.60 bits per heavy atom. The predicted octanol–water partition coefficient (Wildman–Crippen LogP) is 2.43. The summed E-state index contributed by atoms with van der Waals surface area (Å²) in [4.78, 5) is 27.5. The summed E-state index contributed by atoms with van der Waals surface area (Å²) in [6.07, 6.45) is 0. The number of fused-ring (bicyclic) bond motifs is 1.